The Morgan fingerprint density at radius 1 is 1.20 bits per heavy atom. The van der Waals surface area contributed by atoms with Crippen LogP contribution in [0.15, 0.2) is 42.5 Å². The average molecular weight is 270 g/mol. The molecule has 2 rings (SSSR count). The largest absolute Gasteiger partial charge is 0.488 e. The standard InChI is InChI=1S/C17H18O3/c1-3-14-9-12(2)10-15(17(18)19)16(14)20-11-13-7-5-4-6-8-13/h4-10H,3,11H2,1-2H3,(H,18,19). The van der Waals surface area contributed by atoms with Gasteiger partial charge in [-0.25, -0.2) is 4.79 Å². The Hall–Kier alpha value is -2.29. The quantitative estimate of drug-likeness (QED) is 0.898. The van der Waals surface area contributed by atoms with Gasteiger partial charge in [-0.05, 0) is 36.1 Å². The summed E-state index contributed by atoms with van der Waals surface area (Å²) in [6, 6.07) is 13.4. The minimum Gasteiger partial charge on any atom is -0.488 e. The maximum atomic E-state index is 11.4. The van der Waals surface area contributed by atoms with E-state index in [9.17, 15) is 9.90 Å². The summed E-state index contributed by atoms with van der Waals surface area (Å²) in [5, 5.41) is 9.33. The Bertz CT molecular complexity index is 603. The number of hydrogen-bond donors (Lipinski definition) is 1. The average Bonchev–Trinajstić information content (AvgIpc) is 2.46. The van der Waals surface area contributed by atoms with E-state index in [1.54, 1.807) is 6.07 Å². The van der Waals surface area contributed by atoms with Crippen molar-refractivity contribution >= 4 is 5.97 Å². The summed E-state index contributed by atoms with van der Waals surface area (Å²) in [6.45, 7) is 4.26. The van der Waals surface area contributed by atoms with Crippen molar-refractivity contribution in [2.24, 2.45) is 0 Å². The van der Waals surface area contributed by atoms with Crippen LogP contribution in [-0.2, 0) is 13.0 Å². The summed E-state index contributed by atoms with van der Waals surface area (Å²) in [7, 11) is 0. The molecule has 0 radical (unpaired) electrons. The predicted octanol–water partition coefficient (Wildman–Crippen LogP) is 3.83. The van der Waals surface area contributed by atoms with Crippen LogP contribution in [0.3, 0.4) is 0 Å². The molecule has 0 saturated heterocycles. The first kappa shape index (κ1) is 14.1. The van der Waals surface area contributed by atoms with Gasteiger partial charge in [-0.15, -0.1) is 0 Å². The van der Waals surface area contributed by atoms with Gasteiger partial charge in [0.05, 0.1) is 0 Å². The van der Waals surface area contributed by atoms with Crippen LogP contribution < -0.4 is 4.74 Å². The minimum atomic E-state index is -0.952. The van der Waals surface area contributed by atoms with E-state index in [2.05, 4.69) is 0 Å². The highest BCUT2D eigenvalue weighted by Crippen LogP contribution is 2.27. The molecule has 1 N–H and O–H groups in total. The summed E-state index contributed by atoms with van der Waals surface area (Å²) >= 11 is 0. The Kier molecular flexibility index (Phi) is 4.41. The van der Waals surface area contributed by atoms with Gasteiger partial charge in [0.2, 0.25) is 0 Å². The van der Waals surface area contributed by atoms with Gasteiger partial charge in [0.25, 0.3) is 0 Å². The molecule has 0 spiro atoms. The zero-order chi connectivity index (χ0) is 14.5. The van der Waals surface area contributed by atoms with Gasteiger partial charge in [0.1, 0.15) is 17.9 Å². The Morgan fingerprint density at radius 3 is 2.50 bits per heavy atom. The second-order valence-electron chi connectivity index (χ2n) is 4.73. The normalized spacial score (nSPS) is 10.3. The molecule has 2 aromatic carbocycles. The molecule has 3 heteroatoms. The number of aromatic carboxylic acids is 1. The molecule has 0 heterocycles. The van der Waals surface area contributed by atoms with Gasteiger partial charge >= 0.3 is 5.97 Å². The third kappa shape index (κ3) is 3.18. The van der Waals surface area contributed by atoms with Crippen LogP contribution in [0.2, 0.25) is 0 Å². The molecule has 0 fully saturated rings. The molecule has 104 valence electrons. The summed E-state index contributed by atoms with van der Waals surface area (Å²) in [5.74, 6) is -0.471. The van der Waals surface area contributed by atoms with Crippen molar-refractivity contribution in [3.8, 4) is 5.75 Å². The molecule has 0 unspecified atom stereocenters. The van der Waals surface area contributed by atoms with Crippen molar-refractivity contribution in [2.45, 2.75) is 26.9 Å². The molecule has 0 aromatic heterocycles. The molecular formula is C17H18O3. The van der Waals surface area contributed by atoms with E-state index < -0.39 is 5.97 Å². The first-order valence-corrected chi connectivity index (χ1v) is 6.65. The topological polar surface area (TPSA) is 46.5 Å². The summed E-state index contributed by atoms with van der Waals surface area (Å²) in [4.78, 5) is 11.4. The zero-order valence-corrected chi connectivity index (χ0v) is 11.7. The third-order valence-electron chi connectivity index (χ3n) is 3.15. The van der Waals surface area contributed by atoms with E-state index in [1.807, 2.05) is 50.2 Å². The summed E-state index contributed by atoms with van der Waals surface area (Å²) in [5.41, 5.74) is 3.12. The predicted molar refractivity (Wildman–Crippen MR) is 78.3 cm³/mol. The summed E-state index contributed by atoms with van der Waals surface area (Å²) < 4.78 is 5.78. The second kappa shape index (κ2) is 6.24. The number of aryl methyl sites for hydroxylation is 2. The van der Waals surface area contributed by atoms with Crippen LogP contribution in [0.4, 0.5) is 0 Å². The van der Waals surface area contributed by atoms with Crippen molar-refractivity contribution in [1.82, 2.24) is 0 Å². The van der Waals surface area contributed by atoms with Gasteiger partial charge in [0.15, 0.2) is 0 Å². The molecule has 2 aromatic rings. The molecule has 20 heavy (non-hydrogen) atoms. The molecule has 0 saturated carbocycles. The first-order chi connectivity index (χ1) is 9.61. The van der Waals surface area contributed by atoms with Gasteiger partial charge in [-0.1, -0.05) is 43.3 Å². The zero-order valence-electron chi connectivity index (χ0n) is 11.7. The van der Waals surface area contributed by atoms with Crippen LogP contribution in [0.5, 0.6) is 5.75 Å². The molecular weight excluding hydrogens is 252 g/mol. The smallest absolute Gasteiger partial charge is 0.339 e. The monoisotopic (exact) mass is 270 g/mol. The highest BCUT2D eigenvalue weighted by molar-refractivity contribution is 5.91. The van der Waals surface area contributed by atoms with Crippen molar-refractivity contribution in [3.63, 3.8) is 0 Å². The summed E-state index contributed by atoms with van der Waals surface area (Å²) in [6.07, 6.45) is 0.742. The molecule has 0 aliphatic carbocycles. The second-order valence-corrected chi connectivity index (χ2v) is 4.73. The fraction of sp³-hybridized carbons (Fsp3) is 0.235. The van der Waals surface area contributed by atoms with Crippen molar-refractivity contribution in [2.75, 3.05) is 0 Å². The van der Waals surface area contributed by atoms with Crippen LogP contribution in [0.25, 0.3) is 0 Å². The molecule has 0 bridgehead atoms. The highest BCUT2D eigenvalue weighted by atomic mass is 16.5. The van der Waals surface area contributed by atoms with E-state index in [0.29, 0.717) is 12.4 Å². The molecule has 0 atom stereocenters. The van der Waals surface area contributed by atoms with E-state index >= 15 is 0 Å². The fourth-order valence-corrected chi connectivity index (χ4v) is 2.17. The maximum absolute atomic E-state index is 11.4. The Labute approximate surface area is 118 Å². The lowest BCUT2D eigenvalue weighted by molar-refractivity contribution is 0.0691. The molecule has 3 nitrogen and oxygen atoms in total. The van der Waals surface area contributed by atoms with Gasteiger partial charge in [-0.3, -0.25) is 0 Å². The first-order valence-electron chi connectivity index (χ1n) is 6.65. The van der Waals surface area contributed by atoms with Crippen molar-refractivity contribution in [3.05, 3.63) is 64.7 Å². The number of hydrogen-bond acceptors (Lipinski definition) is 2. The maximum Gasteiger partial charge on any atom is 0.339 e. The van der Waals surface area contributed by atoms with Crippen LogP contribution in [-0.4, -0.2) is 11.1 Å². The van der Waals surface area contributed by atoms with Crippen LogP contribution in [0.1, 0.15) is 34.0 Å². The van der Waals surface area contributed by atoms with E-state index in [1.165, 1.54) is 0 Å². The lowest BCUT2D eigenvalue weighted by atomic mass is 10.0. The lowest BCUT2D eigenvalue weighted by Gasteiger charge is -2.14. The number of rotatable bonds is 5. The van der Waals surface area contributed by atoms with E-state index in [-0.39, 0.29) is 5.56 Å². The van der Waals surface area contributed by atoms with E-state index in [0.717, 1.165) is 23.1 Å². The lowest BCUT2D eigenvalue weighted by Crippen LogP contribution is -2.07. The number of carbonyl (C=O) groups is 1. The Balaban J connectivity index is 2.32. The number of benzene rings is 2. The fourth-order valence-electron chi connectivity index (χ4n) is 2.17. The van der Waals surface area contributed by atoms with Crippen LogP contribution in [0, 0.1) is 6.92 Å². The van der Waals surface area contributed by atoms with Crippen molar-refractivity contribution in [1.29, 1.82) is 0 Å². The molecule has 0 aliphatic rings. The molecule has 0 aliphatic heterocycles. The minimum absolute atomic E-state index is 0.234. The Morgan fingerprint density at radius 2 is 1.90 bits per heavy atom. The SMILES string of the molecule is CCc1cc(C)cc(C(=O)O)c1OCc1ccccc1. The third-order valence-corrected chi connectivity index (χ3v) is 3.15. The number of ether oxygens (including phenoxy) is 1. The van der Waals surface area contributed by atoms with Gasteiger partial charge in [-0.2, -0.15) is 0 Å². The molecule has 0 amide bonds. The van der Waals surface area contributed by atoms with Gasteiger partial charge < -0.3 is 9.84 Å². The number of carboxylic acids is 1. The van der Waals surface area contributed by atoms with E-state index in [4.69, 9.17) is 4.74 Å². The van der Waals surface area contributed by atoms with Crippen LogP contribution >= 0.6 is 0 Å². The van der Waals surface area contributed by atoms with Gasteiger partial charge in [0, 0.05) is 0 Å². The highest BCUT2D eigenvalue weighted by Gasteiger charge is 2.16. The van der Waals surface area contributed by atoms with Crippen molar-refractivity contribution < 1.29 is 14.6 Å². The number of carboxylic acid groups (broad SMARTS) is 1.